The number of ether oxygens (including phenoxy) is 2. The Morgan fingerprint density at radius 1 is 1.40 bits per heavy atom. The van der Waals surface area contributed by atoms with Gasteiger partial charge in [0.15, 0.2) is 5.75 Å². The van der Waals surface area contributed by atoms with Crippen molar-refractivity contribution in [3.05, 3.63) is 35.0 Å². The first-order valence-corrected chi connectivity index (χ1v) is 7.09. The van der Waals surface area contributed by atoms with Crippen molar-refractivity contribution in [3.63, 3.8) is 0 Å². The lowest BCUT2D eigenvalue weighted by molar-refractivity contribution is 0.122. The number of halogens is 1. The molecule has 2 heterocycles. The predicted molar refractivity (Wildman–Crippen MR) is 84.5 cm³/mol. The molecule has 126 valence electrons. The number of aromatic hydroxyl groups is 2. The molecule has 3 aromatic rings. The molecule has 0 aliphatic rings. The lowest BCUT2D eigenvalue weighted by Crippen LogP contribution is -2.07. The van der Waals surface area contributed by atoms with Gasteiger partial charge in [-0.1, -0.05) is 17.7 Å². The van der Waals surface area contributed by atoms with E-state index in [1.807, 2.05) is 6.07 Å². The van der Waals surface area contributed by atoms with E-state index >= 15 is 0 Å². The molecule has 0 aliphatic heterocycles. The van der Waals surface area contributed by atoms with Crippen LogP contribution in [0.25, 0.3) is 16.8 Å². The quantitative estimate of drug-likeness (QED) is 0.666. The Kier molecular flexibility index (Phi) is 4.04. The lowest BCUT2D eigenvalue weighted by atomic mass is 10.1. The summed E-state index contributed by atoms with van der Waals surface area (Å²) in [6.45, 7) is 0. The second kappa shape index (κ2) is 6.18. The summed E-state index contributed by atoms with van der Waals surface area (Å²) >= 11 is 6.11. The molecule has 0 aliphatic carbocycles. The van der Waals surface area contributed by atoms with Crippen LogP contribution in [0, 0.1) is 11.3 Å². The second-order valence-corrected chi connectivity index (χ2v) is 5.15. The Balaban J connectivity index is 2.19. The Labute approximate surface area is 145 Å². The number of methoxy groups -OCH3 is 1. The van der Waals surface area contributed by atoms with Crippen molar-refractivity contribution in [2.75, 3.05) is 7.11 Å². The zero-order chi connectivity index (χ0) is 18.1. The third kappa shape index (κ3) is 2.75. The normalized spacial score (nSPS) is 10.4. The van der Waals surface area contributed by atoms with E-state index in [1.54, 1.807) is 0 Å². The maximum atomic E-state index is 11.2. The monoisotopic (exact) mass is 360 g/mol. The summed E-state index contributed by atoms with van der Waals surface area (Å²) in [5, 5.41) is 33.5. The number of carbonyl (C=O) groups excluding carboxylic acids is 1. The molecule has 2 N–H and O–H groups in total. The number of benzene rings is 1. The minimum Gasteiger partial charge on any atom is -0.493 e. The average Bonchev–Trinajstić information content (AvgIpc) is 2.98. The number of rotatable bonds is 2. The topological polar surface area (TPSA) is 130 Å². The molecule has 9 nitrogen and oxygen atoms in total. The van der Waals surface area contributed by atoms with Crippen molar-refractivity contribution in [2.45, 2.75) is 0 Å². The molecule has 10 heteroatoms. The molecule has 3 rings (SSSR count). The van der Waals surface area contributed by atoms with Gasteiger partial charge in [-0.2, -0.15) is 19.9 Å². The summed E-state index contributed by atoms with van der Waals surface area (Å²) in [4.78, 5) is 15.1. The van der Waals surface area contributed by atoms with Crippen LogP contribution in [0.3, 0.4) is 0 Å². The highest BCUT2D eigenvalue weighted by molar-refractivity contribution is 6.33. The number of fused-ring (bicyclic) bond motifs is 1. The minimum absolute atomic E-state index is 0.0882. The number of hydrogen-bond donors (Lipinski definition) is 2. The van der Waals surface area contributed by atoms with Gasteiger partial charge in [-0.15, -0.1) is 0 Å². The molecule has 0 fully saturated rings. The SMILES string of the molecule is COC(=O)Oc1cnn2c(O)c(-c3ccc(C#N)cc3Cl)c(O)nc12. The van der Waals surface area contributed by atoms with Crippen LogP contribution in [0.4, 0.5) is 4.79 Å². The smallest absolute Gasteiger partial charge is 0.493 e. The molecule has 2 aromatic heterocycles. The number of aromatic nitrogens is 3. The highest BCUT2D eigenvalue weighted by atomic mass is 35.5. The van der Waals surface area contributed by atoms with Crippen molar-refractivity contribution in [1.82, 2.24) is 14.6 Å². The molecule has 1 aromatic carbocycles. The molecule has 0 unspecified atom stereocenters. The van der Waals surface area contributed by atoms with Crippen LogP contribution in [0.2, 0.25) is 5.02 Å². The molecular weight excluding hydrogens is 352 g/mol. The molecule has 0 atom stereocenters. The first kappa shape index (κ1) is 16.4. The average molecular weight is 361 g/mol. The summed E-state index contributed by atoms with van der Waals surface area (Å²) in [6.07, 6.45) is 0.123. The second-order valence-electron chi connectivity index (χ2n) is 4.74. The van der Waals surface area contributed by atoms with Crippen molar-refractivity contribution in [1.29, 1.82) is 5.26 Å². The first-order chi connectivity index (χ1) is 12.0. The van der Waals surface area contributed by atoms with Crippen molar-refractivity contribution in [2.24, 2.45) is 0 Å². The zero-order valence-electron chi connectivity index (χ0n) is 12.6. The van der Waals surface area contributed by atoms with Gasteiger partial charge in [0.2, 0.25) is 17.4 Å². The van der Waals surface area contributed by atoms with Gasteiger partial charge in [0.1, 0.15) is 5.56 Å². The summed E-state index contributed by atoms with van der Waals surface area (Å²) in [5.41, 5.74) is 0.370. The van der Waals surface area contributed by atoms with E-state index in [-0.39, 0.29) is 27.5 Å². The molecule has 25 heavy (non-hydrogen) atoms. The van der Waals surface area contributed by atoms with E-state index in [1.165, 1.54) is 18.2 Å². The third-order valence-corrected chi connectivity index (χ3v) is 3.61. The van der Waals surface area contributed by atoms with Crippen LogP contribution in [0.15, 0.2) is 24.4 Å². The third-order valence-electron chi connectivity index (χ3n) is 3.30. The van der Waals surface area contributed by atoms with E-state index in [0.29, 0.717) is 5.56 Å². The maximum absolute atomic E-state index is 11.2. The van der Waals surface area contributed by atoms with Crippen LogP contribution in [0.1, 0.15) is 5.56 Å². The van der Waals surface area contributed by atoms with E-state index in [0.717, 1.165) is 17.8 Å². The number of carbonyl (C=O) groups is 1. The van der Waals surface area contributed by atoms with E-state index in [2.05, 4.69) is 14.8 Å². The molecule has 0 bridgehead atoms. The first-order valence-electron chi connectivity index (χ1n) is 6.71. The Bertz CT molecular complexity index is 1040. The van der Waals surface area contributed by atoms with E-state index in [9.17, 15) is 15.0 Å². The lowest BCUT2D eigenvalue weighted by Gasteiger charge is -2.10. The molecular formula is C15H9ClN4O5. The van der Waals surface area contributed by atoms with Gasteiger partial charge in [-0.05, 0) is 12.1 Å². The van der Waals surface area contributed by atoms with Crippen LogP contribution in [-0.2, 0) is 4.74 Å². The Morgan fingerprint density at radius 2 is 2.16 bits per heavy atom. The maximum Gasteiger partial charge on any atom is 0.513 e. The van der Waals surface area contributed by atoms with E-state index in [4.69, 9.17) is 21.6 Å². The largest absolute Gasteiger partial charge is 0.513 e. The molecule has 0 saturated carbocycles. The molecule has 0 saturated heterocycles. The van der Waals surface area contributed by atoms with Crippen molar-refractivity contribution in [3.8, 4) is 34.7 Å². The van der Waals surface area contributed by atoms with Gasteiger partial charge >= 0.3 is 6.16 Å². The number of nitrogens with zero attached hydrogens (tertiary/aromatic N) is 4. The fraction of sp³-hybridized carbons (Fsp3) is 0.0667. The van der Waals surface area contributed by atoms with Crippen molar-refractivity contribution < 1.29 is 24.5 Å². The highest BCUT2D eigenvalue weighted by Crippen LogP contribution is 2.41. The zero-order valence-corrected chi connectivity index (χ0v) is 13.4. The highest BCUT2D eigenvalue weighted by Gasteiger charge is 2.22. The summed E-state index contributed by atoms with van der Waals surface area (Å²) in [7, 11) is 1.13. The molecule has 0 spiro atoms. The van der Waals surface area contributed by atoms with Crippen LogP contribution in [-0.4, -0.2) is 38.1 Å². The van der Waals surface area contributed by atoms with E-state index < -0.39 is 17.9 Å². The fourth-order valence-electron chi connectivity index (χ4n) is 2.18. The Morgan fingerprint density at radius 3 is 2.80 bits per heavy atom. The van der Waals surface area contributed by atoms with Gasteiger partial charge in [-0.25, -0.2) is 4.79 Å². The summed E-state index contributed by atoms with van der Waals surface area (Å²) < 4.78 is 10.2. The van der Waals surface area contributed by atoms with Gasteiger partial charge in [0.05, 0.1) is 30.0 Å². The van der Waals surface area contributed by atoms with Crippen LogP contribution in [0.5, 0.6) is 17.5 Å². The number of nitriles is 1. The van der Waals surface area contributed by atoms with Crippen molar-refractivity contribution >= 4 is 23.4 Å². The van der Waals surface area contributed by atoms with Gasteiger partial charge in [-0.3, -0.25) is 0 Å². The van der Waals surface area contributed by atoms with Crippen LogP contribution < -0.4 is 4.74 Å². The van der Waals surface area contributed by atoms with Gasteiger partial charge in [0.25, 0.3) is 0 Å². The molecule has 0 amide bonds. The standard InChI is InChI=1S/C15H9ClN4O5/c1-24-15(23)25-10-6-18-20-12(10)19-13(21)11(14(20)22)8-3-2-7(5-17)4-9(8)16/h2-4,6,22H,1H3,(H,19,21). The summed E-state index contributed by atoms with van der Waals surface area (Å²) in [6, 6.07) is 6.24. The van der Waals surface area contributed by atoms with Crippen LogP contribution >= 0.6 is 11.6 Å². The fourth-order valence-corrected chi connectivity index (χ4v) is 2.45. The molecule has 0 radical (unpaired) electrons. The van der Waals surface area contributed by atoms with Gasteiger partial charge < -0.3 is 19.7 Å². The summed E-state index contributed by atoms with van der Waals surface area (Å²) in [5.74, 6) is -1.16. The minimum atomic E-state index is -1.00. The number of hydrogen-bond acceptors (Lipinski definition) is 8. The predicted octanol–water partition coefficient (Wildman–Crippen LogP) is 2.48. The Hall–Kier alpha value is -3.51. The van der Waals surface area contributed by atoms with Gasteiger partial charge in [0, 0.05) is 5.56 Å².